The number of nitrogen functional groups attached to an aromatic ring is 1. The number of tetrazole rings is 1. The molecule has 0 amide bonds. The Bertz CT molecular complexity index is 771. The summed E-state index contributed by atoms with van der Waals surface area (Å²) in [6, 6.07) is 12.9. The van der Waals surface area contributed by atoms with Gasteiger partial charge in [0.15, 0.2) is 5.82 Å². The van der Waals surface area contributed by atoms with Crippen molar-refractivity contribution >= 4 is 33.2 Å². The molecular formula is C13H9BrClN5. The predicted octanol–water partition coefficient (Wildman–Crippen LogP) is 3.33. The molecule has 3 rings (SSSR count). The molecule has 0 aliphatic heterocycles. The molecule has 0 saturated heterocycles. The minimum absolute atomic E-state index is 0.536. The molecule has 5 nitrogen and oxygen atoms in total. The van der Waals surface area contributed by atoms with Crippen molar-refractivity contribution in [2.24, 2.45) is 0 Å². The molecule has 0 spiro atoms. The van der Waals surface area contributed by atoms with Gasteiger partial charge in [0.2, 0.25) is 0 Å². The van der Waals surface area contributed by atoms with Crippen LogP contribution in [0.25, 0.3) is 17.1 Å². The summed E-state index contributed by atoms with van der Waals surface area (Å²) in [6.07, 6.45) is 0. The smallest absolute Gasteiger partial charge is 0.188 e. The molecule has 100 valence electrons. The van der Waals surface area contributed by atoms with Gasteiger partial charge in [0, 0.05) is 15.7 Å². The van der Waals surface area contributed by atoms with E-state index in [4.69, 9.17) is 17.3 Å². The Morgan fingerprint density at radius 1 is 1.15 bits per heavy atom. The lowest BCUT2D eigenvalue weighted by Crippen LogP contribution is -2.01. The quantitative estimate of drug-likeness (QED) is 0.720. The molecular weight excluding hydrogens is 342 g/mol. The molecule has 0 aliphatic carbocycles. The van der Waals surface area contributed by atoms with Crippen molar-refractivity contribution < 1.29 is 0 Å². The number of nitrogens with zero attached hydrogens (tertiary/aromatic N) is 4. The summed E-state index contributed by atoms with van der Waals surface area (Å²) in [5.74, 6) is 0.536. The third-order valence-corrected chi connectivity index (χ3v) is 3.78. The minimum atomic E-state index is 0.536. The van der Waals surface area contributed by atoms with E-state index in [1.54, 1.807) is 22.9 Å². The minimum Gasteiger partial charge on any atom is -0.399 e. The van der Waals surface area contributed by atoms with Crippen LogP contribution < -0.4 is 5.73 Å². The highest BCUT2D eigenvalue weighted by Gasteiger charge is 2.15. The van der Waals surface area contributed by atoms with Crippen LogP contribution in [0.5, 0.6) is 0 Å². The van der Waals surface area contributed by atoms with Gasteiger partial charge in [-0.15, -0.1) is 5.10 Å². The van der Waals surface area contributed by atoms with Crippen LogP contribution in [0, 0.1) is 0 Å². The number of anilines is 1. The van der Waals surface area contributed by atoms with Gasteiger partial charge in [0.1, 0.15) is 0 Å². The molecule has 20 heavy (non-hydrogen) atoms. The van der Waals surface area contributed by atoms with Crippen LogP contribution in [0.3, 0.4) is 0 Å². The summed E-state index contributed by atoms with van der Waals surface area (Å²) < 4.78 is 2.50. The zero-order chi connectivity index (χ0) is 14.1. The van der Waals surface area contributed by atoms with Crippen molar-refractivity contribution in [3.63, 3.8) is 0 Å². The molecule has 0 aliphatic rings. The zero-order valence-electron chi connectivity index (χ0n) is 10.2. The summed E-state index contributed by atoms with van der Waals surface area (Å²) in [5.41, 5.74) is 7.92. The molecule has 0 bridgehead atoms. The summed E-state index contributed by atoms with van der Waals surface area (Å²) in [5, 5.41) is 12.3. The predicted molar refractivity (Wildman–Crippen MR) is 81.7 cm³/mol. The number of halogens is 2. The van der Waals surface area contributed by atoms with E-state index in [0.29, 0.717) is 22.1 Å². The van der Waals surface area contributed by atoms with E-state index in [2.05, 4.69) is 31.5 Å². The van der Waals surface area contributed by atoms with E-state index in [1.807, 2.05) is 24.3 Å². The van der Waals surface area contributed by atoms with E-state index in [9.17, 15) is 0 Å². The van der Waals surface area contributed by atoms with Crippen molar-refractivity contribution in [2.75, 3.05) is 5.73 Å². The van der Waals surface area contributed by atoms with Gasteiger partial charge in [-0.25, -0.2) is 0 Å². The highest BCUT2D eigenvalue weighted by Crippen LogP contribution is 2.30. The van der Waals surface area contributed by atoms with Gasteiger partial charge in [-0.3, -0.25) is 0 Å². The molecule has 0 unspecified atom stereocenters. The number of para-hydroxylation sites is 1. The zero-order valence-corrected chi connectivity index (χ0v) is 12.5. The Balaban J connectivity index is 2.21. The lowest BCUT2D eigenvalue weighted by molar-refractivity contribution is 0.789. The van der Waals surface area contributed by atoms with Crippen molar-refractivity contribution in [1.82, 2.24) is 20.2 Å². The lowest BCUT2D eigenvalue weighted by atomic mass is 10.2. The van der Waals surface area contributed by atoms with E-state index in [1.165, 1.54) is 0 Å². The molecule has 1 aromatic heterocycles. The molecule has 3 aromatic rings. The van der Waals surface area contributed by atoms with Gasteiger partial charge in [-0.1, -0.05) is 23.7 Å². The van der Waals surface area contributed by atoms with Crippen LogP contribution >= 0.6 is 27.5 Å². The van der Waals surface area contributed by atoms with Crippen molar-refractivity contribution in [3.8, 4) is 17.1 Å². The number of nitrogens with two attached hydrogens (primary N) is 1. The maximum Gasteiger partial charge on any atom is 0.188 e. The third kappa shape index (κ3) is 2.28. The Morgan fingerprint density at radius 3 is 2.75 bits per heavy atom. The Morgan fingerprint density at radius 2 is 1.95 bits per heavy atom. The van der Waals surface area contributed by atoms with Gasteiger partial charge >= 0.3 is 0 Å². The molecule has 0 atom stereocenters. The van der Waals surface area contributed by atoms with Crippen LogP contribution in [-0.2, 0) is 0 Å². The highest BCUT2D eigenvalue weighted by atomic mass is 79.9. The molecule has 0 saturated carbocycles. The summed E-state index contributed by atoms with van der Waals surface area (Å²) >= 11 is 9.69. The van der Waals surface area contributed by atoms with Gasteiger partial charge in [0.05, 0.1) is 10.7 Å². The van der Waals surface area contributed by atoms with Crippen LogP contribution in [0.1, 0.15) is 0 Å². The highest BCUT2D eigenvalue weighted by molar-refractivity contribution is 9.10. The fourth-order valence-electron chi connectivity index (χ4n) is 1.86. The summed E-state index contributed by atoms with van der Waals surface area (Å²) in [7, 11) is 0. The first-order valence-electron chi connectivity index (χ1n) is 5.75. The first-order chi connectivity index (χ1) is 9.66. The van der Waals surface area contributed by atoms with Crippen molar-refractivity contribution in [3.05, 3.63) is 52.0 Å². The van der Waals surface area contributed by atoms with E-state index in [0.717, 1.165) is 10.2 Å². The van der Waals surface area contributed by atoms with Gasteiger partial charge in [0.25, 0.3) is 0 Å². The first-order valence-corrected chi connectivity index (χ1v) is 6.92. The fourth-order valence-corrected chi connectivity index (χ4v) is 2.51. The first kappa shape index (κ1) is 13.1. The third-order valence-electron chi connectivity index (χ3n) is 2.78. The largest absolute Gasteiger partial charge is 0.399 e. The maximum absolute atomic E-state index is 6.21. The Labute approximate surface area is 128 Å². The number of rotatable bonds is 2. The molecule has 7 heteroatoms. The second-order valence-corrected chi connectivity index (χ2v) is 5.37. The van der Waals surface area contributed by atoms with Gasteiger partial charge in [-0.05, 0) is 56.7 Å². The number of hydrogen-bond acceptors (Lipinski definition) is 4. The summed E-state index contributed by atoms with van der Waals surface area (Å²) in [6.45, 7) is 0. The normalized spacial score (nSPS) is 10.7. The topological polar surface area (TPSA) is 69.6 Å². The molecule has 2 aromatic carbocycles. The van der Waals surface area contributed by atoms with E-state index in [-0.39, 0.29) is 0 Å². The Kier molecular flexibility index (Phi) is 3.42. The average Bonchev–Trinajstić information content (AvgIpc) is 2.91. The van der Waals surface area contributed by atoms with Crippen LogP contribution in [0.15, 0.2) is 46.9 Å². The fraction of sp³-hybridized carbons (Fsp3) is 0. The molecule has 2 N–H and O–H groups in total. The van der Waals surface area contributed by atoms with Gasteiger partial charge in [-0.2, -0.15) is 4.68 Å². The van der Waals surface area contributed by atoms with E-state index >= 15 is 0 Å². The molecule has 0 fully saturated rings. The number of aromatic nitrogens is 4. The maximum atomic E-state index is 6.21. The SMILES string of the molecule is Nc1ccc(Cl)c(-c2nnnn2-c2ccccc2Br)c1. The van der Waals surface area contributed by atoms with E-state index < -0.39 is 0 Å². The van der Waals surface area contributed by atoms with Crippen LogP contribution in [0.2, 0.25) is 5.02 Å². The second kappa shape index (κ2) is 5.22. The molecule has 1 heterocycles. The monoisotopic (exact) mass is 349 g/mol. The van der Waals surface area contributed by atoms with Crippen molar-refractivity contribution in [1.29, 1.82) is 0 Å². The number of hydrogen-bond donors (Lipinski definition) is 1. The van der Waals surface area contributed by atoms with Gasteiger partial charge < -0.3 is 5.73 Å². The van der Waals surface area contributed by atoms with Crippen LogP contribution in [0.4, 0.5) is 5.69 Å². The Hall–Kier alpha value is -1.92. The average molecular weight is 351 g/mol. The summed E-state index contributed by atoms with van der Waals surface area (Å²) in [4.78, 5) is 0. The second-order valence-electron chi connectivity index (χ2n) is 4.10. The lowest BCUT2D eigenvalue weighted by Gasteiger charge is -2.08. The standard InChI is InChI=1S/C13H9BrClN5/c14-10-3-1-2-4-12(10)20-13(17-18-19-20)9-7-8(16)5-6-11(9)15/h1-7H,16H2. The number of benzene rings is 2. The van der Waals surface area contributed by atoms with Crippen molar-refractivity contribution in [2.45, 2.75) is 0 Å². The molecule has 0 radical (unpaired) electrons. The van der Waals surface area contributed by atoms with Crippen LogP contribution in [-0.4, -0.2) is 20.2 Å².